The van der Waals surface area contributed by atoms with E-state index >= 15 is 0 Å². The zero-order chi connectivity index (χ0) is 16.3. The third-order valence-corrected chi connectivity index (χ3v) is 4.02. The van der Waals surface area contributed by atoms with Gasteiger partial charge in [0.25, 0.3) is 0 Å². The predicted molar refractivity (Wildman–Crippen MR) is 93.2 cm³/mol. The highest BCUT2D eigenvalue weighted by Gasteiger charge is 2.28. The molecular weight excluding hydrogens is 270 g/mol. The Kier molecular flexibility index (Phi) is 4.70. The molecule has 0 spiro atoms. The van der Waals surface area contributed by atoms with Crippen molar-refractivity contribution in [3.05, 3.63) is 64.7 Å². The molecule has 0 saturated heterocycles. The zero-order valence-corrected chi connectivity index (χ0v) is 14.2. The molecule has 1 amide bonds. The summed E-state index contributed by atoms with van der Waals surface area (Å²) in [5.74, 6) is 0.0615. The number of amides is 1. The lowest BCUT2D eigenvalue weighted by molar-refractivity contribution is -0.123. The van der Waals surface area contributed by atoms with E-state index in [2.05, 4.69) is 36.5 Å². The summed E-state index contributed by atoms with van der Waals surface area (Å²) in [4.78, 5) is 12.7. The SMILES string of the molecule is Cc1cc(C)c(NC(=O)C(C)(C)Cc2ccccc2)c(C)c1. The van der Waals surface area contributed by atoms with Crippen molar-refractivity contribution in [3.63, 3.8) is 0 Å². The summed E-state index contributed by atoms with van der Waals surface area (Å²) in [7, 11) is 0. The lowest BCUT2D eigenvalue weighted by Crippen LogP contribution is -2.33. The van der Waals surface area contributed by atoms with Gasteiger partial charge >= 0.3 is 0 Å². The smallest absolute Gasteiger partial charge is 0.230 e. The van der Waals surface area contributed by atoms with E-state index in [4.69, 9.17) is 0 Å². The molecule has 2 heteroatoms. The molecule has 0 unspecified atom stereocenters. The summed E-state index contributed by atoms with van der Waals surface area (Å²) in [6.07, 6.45) is 0.726. The van der Waals surface area contributed by atoms with Gasteiger partial charge in [-0.3, -0.25) is 4.79 Å². The van der Waals surface area contributed by atoms with E-state index in [1.54, 1.807) is 0 Å². The number of carbonyl (C=O) groups is 1. The topological polar surface area (TPSA) is 29.1 Å². The largest absolute Gasteiger partial charge is 0.325 e. The molecule has 0 saturated carbocycles. The van der Waals surface area contributed by atoms with Crippen molar-refractivity contribution in [1.29, 1.82) is 0 Å². The number of nitrogens with one attached hydrogen (secondary N) is 1. The third-order valence-electron chi connectivity index (χ3n) is 4.02. The first-order valence-corrected chi connectivity index (χ1v) is 7.73. The van der Waals surface area contributed by atoms with Crippen LogP contribution in [0.25, 0.3) is 0 Å². The van der Waals surface area contributed by atoms with Crippen LogP contribution in [-0.4, -0.2) is 5.91 Å². The molecule has 0 aromatic heterocycles. The molecule has 116 valence electrons. The Morgan fingerprint density at radius 3 is 2.09 bits per heavy atom. The van der Waals surface area contributed by atoms with Crippen molar-refractivity contribution in [2.24, 2.45) is 5.41 Å². The van der Waals surface area contributed by atoms with Crippen molar-refractivity contribution < 1.29 is 4.79 Å². The Balaban J connectivity index is 2.18. The summed E-state index contributed by atoms with van der Waals surface area (Å²) >= 11 is 0. The third kappa shape index (κ3) is 3.76. The maximum absolute atomic E-state index is 12.7. The van der Waals surface area contributed by atoms with Crippen LogP contribution in [0.3, 0.4) is 0 Å². The van der Waals surface area contributed by atoms with Crippen LogP contribution < -0.4 is 5.32 Å². The van der Waals surface area contributed by atoms with Crippen molar-refractivity contribution >= 4 is 11.6 Å². The van der Waals surface area contributed by atoms with E-state index in [0.717, 1.165) is 23.2 Å². The van der Waals surface area contributed by atoms with Gasteiger partial charge < -0.3 is 5.32 Å². The molecule has 0 fully saturated rings. The van der Waals surface area contributed by atoms with E-state index in [9.17, 15) is 4.79 Å². The summed E-state index contributed by atoms with van der Waals surface area (Å²) in [5.41, 5.74) is 5.11. The average Bonchev–Trinajstić information content (AvgIpc) is 2.43. The molecule has 22 heavy (non-hydrogen) atoms. The number of anilines is 1. The standard InChI is InChI=1S/C20H25NO/c1-14-11-15(2)18(16(3)12-14)21-19(22)20(4,5)13-17-9-7-6-8-10-17/h6-12H,13H2,1-5H3,(H,21,22). The van der Waals surface area contributed by atoms with E-state index in [-0.39, 0.29) is 5.91 Å². The molecule has 0 aliphatic rings. The Hall–Kier alpha value is -2.09. The van der Waals surface area contributed by atoms with Gasteiger partial charge in [0.1, 0.15) is 0 Å². The normalized spacial score (nSPS) is 11.3. The number of hydrogen-bond donors (Lipinski definition) is 1. The summed E-state index contributed by atoms with van der Waals surface area (Å²) < 4.78 is 0. The molecule has 1 N–H and O–H groups in total. The first-order valence-electron chi connectivity index (χ1n) is 7.73. The minimum absolute atomic E-state index is 0.0615. The van der Waals surface area contributed by atoms with E-state index in [0.29, 0.717) is 0 Å². The van der Waals surface area contributed by atoms with Gasteiger partial charge in [0.05, 0.1) is 0 Å². The summed E-state index contributed by atoms with van der Waals surface area (Å²) in [5, 5.41) is 3.13. The molecule has 2 aromatic carbocycles. The molecule has 0 heterocycles. The van der Waals surface area contributed by atoms with Crippen LogP contribution in [0.5, 0.6) is 0 Å². The van der Waals surface area contributed by atoms with E-state index in [1.807, 2.05) is 45.9 Å². The molecule has 0 bridgehead atoms. The molecule has 0 aliphatic heterocycles. The highest BCUT2D eigenvalue weighted by atomic mass is 16.2. The molecule has 2 aromatic rings. The molecule has 2 nitrogen and oxygen atoms in total. The monoisotopic (exact) mass is 295 g/mol. The lowest BCUT2D eigenvalue weighted by Gasteiger charge is -2.25. The zero-order valence-electron chi connectivity index (χ0n) is 14.2. The lowest BCUT2D eigenvalue weighted by atomic mass is 9.84. The number of aryl methyl sites for hydroxylation is 3. The highest BCUT2D eigenvalue weighted by Crippen LogP contribution is 2.27. The van der Waals surface area contributed by atoms with Gasteiger partial charge in [-0.2, -0.15) is 0 Å². The van der Waals surface area contributed by atoms with Gasteiger partial charge in [0, 0.05) is 11.1 Å². The van der Waals surface area contributed by atoms with Crippen LogP contribution in [0, 0.1) is 26.2 Å². The second-order valence-corrected chi connectivity index (χ2v) is 6.77. The quantitative estimate of drug-likeness (QED) is 0.861. The first-order chi connectivity index (χ1) is 10.3. The van der Waals surface area contributed by atoms with Gasteiger partial charge in [-0.05, 0) is 43.9 Å². The minimum atomic E-state index is -0.453. The second-order valence-electron chi connectivity index (χ2n) is 6.77. The number of benzene rings is 2. The maximum atomic E-state index is 12.7. The van der Waals surface area contributed by atoms with Gasteiger partial charge in [-0.15, -0.1) is 0 Å². The van der Waals surface area contributed by atoms with Crippen LogP contribution in [0.1, 0.15) is 36.1 Å². The van der Waals surface area contributed by atoms with Gasteiger partial charge in [0.2, 0.25) is 5.91 Å². The van der Waals surface area contributed by atoms with Gasteiger partial charge in [-0.25, -0.2) is 0 Å². The van der Waals surface area contributed by atoms with Gasteiger partial charge in [-0.1, -0.05) is 61.9 Å². The van der Waals surface area contributed by atoms with Crippen molar-refractivity contribution in [1.82, 2.24) is 0 Å². The number of hydrogen-bond acceptors (Lipinski definition) is 1. The summed E-state index contributed by atoms with van der Waals surface area (Å²) in [6.45, 7) is 10.1. The van der Waals surface area contributed by atoms with Crippen LogP contribution in [-0.2, 0) is 11.2 Å². The number of rotatable bonds is 4. The van der Waals surface area contributed by atoms with Crippen molar-refractivity contribution in [2.45, 2.75) is 41.0 Å². The highest BCUT2D eigenvalue weighted by molar-refractivity contribution is 5.96. The van der Waals surface area contributed by atoms with E-state index < -0.39 is 5.41 Å². The Morgan fingerprint density at radius 2 is 1.55 bits per heavy atom. The second kappa shape index (κ2) is 6.35. The molecule has 0 aliphatic carbocycles. The fraction of sp³-hybridized carbons (Fsp3) is 0.350. The van der Waals surface area contributed by atoms with Crippen LogP contribution in [0.15, 0.2) is 42.5 Å². The molecular formula is C20H25NO. The van der Waals surface area contributed by atoms with Gasteiger partial charge in [0.15, 0.2) is 0 Å². The van der Waals surface area contributed by atoms with Crippen LogP contribution in [0.2, 0.25) is 0 Å². The number of carbonyl (C=O) groups excluding carboxylic acids is 1. The maximum Gasteiger partial charge on any atom is 0.230 e. The first kappa shape index (κ1) is 16.3. The molecule has 0 radical (unpaired) electrons. The van der Waals surface area contributed by atoms with Crippen molar-refractivity contribution in [3.8, 4) is 0 Å². The minimum Gasteiger partial charge on any atom is -0.325 e. The fourth-order valence-corrected chi connectivity index (χ4v) is 2.85. The average molecular weight is 295 g/mol. The molecule has 0 atom stereocenters. The predicted octanol–water partition coefficient (Wildman–Crippen LogP) is 4.82. The summed E-state index contributed by atoms with van der Waals surface area (Å²) in [6, 6.07) is 14.4. The van der Waals surface area contributed by atoms with Crippen LogP contribution >= 0.6 is 0 Å². The van der Waals surface area contributed by atoms with Crippen molar-refractivity contribution in [2.75, 3.05) is 5.32 Å². The fourth-order valence-electron chi connectivity index (χ4n) is 2.85. The Labute approximate surface area is 133 Å². The van der Waals surface area contributed by atoms with E-state index in [1.165, 1.54) is 11.1 Å². The van der Waals surface area contributed by atoms with Crippen LogP contribution in [0.4, 0.5) is 5.69 Å². The Bertz CT molecular complexity index is 648. The Morgan fingerprint density at radius 1 is 1.00 bits per heavy atom. The molecule has 2 rings (SSSR count).